The molecule has 1 aliphatic heterocycles. The van der Waals surface area contributed by atoms with E-state index in [1.807, 2.05) is 25.1 Å². The molecule has 0 atom stereocenters. The Morgan fingerprint density at radius 2 is 2.03 bits per heavy atom. The van der Waals surface area contributed by atoms with E-state index in [4.69, 9.17) is 20.9 Å². The van der Waals surface area contributed by atoms with E-state index in [0.717, 1.165) is 60.6 Å². The third kappa shape index (κ3) is 4.86. The van der Waals surface area contributed by atoms with Gasteiger partial charge in [-0.05, 0) is 55.7 Å². The highest BCUT2D eigenvalue weighted by molar-refractivity contribution is 7.16. The van der Waals surface area contributed by atoms with Gasteiger partial charge in [0.15, 0.2) is 0 Å². The van der Waals surface area contributed by atoms with E-state index in [1.165, 1.54) is 21.3 Å². The SMILES string of the molecule is Cc1cc(COc2ccc3c(c2)c(CN2CCC(O)CC2)cn3Cc2ccc(Cl)s2)no1. The molecule has 4 heterocycles. The van der Waals surface area contributed by atoms with Crippen LogP contribution in [0.5, 0.6) is 5.75 Å². The van der Waals surface area contributed by atoms with Gasteiger partial charge in [-0.1, -0.05) is 16.8 Å². The molecular weight excluding hydrogens is 446 g/mol. The molecule has 0 aliphatic carbocycles. The molecule has 0 radical (unpaired) electrons. The summed E-state index contributed by atoms with van der Waals surface area (Å²) in [6, 6.07) is 12.2. The highest BCUT2D eigenvalue weighted by atomic mass is 35.5. The Morgan fingerprint density at radius 3 is 2.75 bits per heavy atom. The molecule has 5 rings (SSSR count). The summed E-state index contributed by atoms with van der Waals surface area (Å²) in [4.78, 5) is 3.64. The molecule has 1 N–H and O–H groups in total. The van der Waals surface area contributed by atoms with Crippen LogP contribution >= 0.6 is 22.9 Å². The number of nitrogens with zero attached hydrogens (tertiary/aromatic N) is 3. The zero-order valence-corrected chi connectivity index (χ0v) is 19.5. The van der Waals surface area contributed by atoms with Gasteiger partial charge in [0.05, 0.1) is 17.0 Å². The summed E-state index contributed by atoms with van der Waals surface area (Å²) in [5.74, 6) is 1.59. The Labute approximate surface area is 196 Å². The first-order valence-electron chi connectivity index (χ1n) is 10.8. The molecule has 8 heteroatoms. The molecule has 0 bridgehead atoms. The Hall–Kier alpha value is -2.32. The molecule has 168 valence electrons. The maximum atomic E-state index is 9.86. The molecule has 0 unspecified atom stereocenters. The van der Waals surface area contributed by atoms with Crippen LogP contribution in [0, 0.1) is 6.92 Å². The van der Waals surface area contributed by atoms with Crippen LogP contribution in [0.3, 0.4) is 0 Å². The first-order valence-corrected chi connectivity index (χ1v) is 12.0. The lowest BCUT2D eigenvalue weighted by Gasteiger charge is -2.29. The zero-order chi connectivity index (χ0) is 22.1. The average molecular weight is 472 g/mol. The highest BCUT2D eigenvalue weighted by Crippen LogP contribution is 2.30. The number of hydrogen-bond donors (Lipinski definition) is 1. The molecule has 1 saturated heterocycles. The molecule has 1 fully saturated rings. The van der Waals surface area contributed by atoms with E-state index in [9.17, 15) is 5.11 Å². The largest absolute Gasteiger partial charge is 0.487 e. The topological polar surface area (TPSA) is 63.7 Å². The van der Waals surface area contributed by atoms with Crippen LogP contribution < -0.4 is 4.74 Å². The van der Waals surface area contributed by atoms with E-state index in [-0.39, 0.29) is 6.10 Å². The molecule has 0 spiro atoms. The van der Waals surface area contributed by atoms with E-state index in [2.05, 4.69) is 39.0 Å². The van der Waals surface area contributed by atoms with Gasteiger partial charge in [-0.3, -0.25) is 4.90 Å². The number of rotatable bonds is 7. The summed E-state index contributed by atoms with van der Waals surface area (Å²) in [5, 5.41) is 15.1. The molecule has 3 aromatic heterocycles. The van der Waals surface area contributed by atoms with Gasteiger partial charge in [0.25, 0.3) is 0 Å². The van der Waals surface area contributed by atoms with E-state index >= 15 is 0 Å². The molecule has 6 nitrogen and oxygen atoms in total. The molecule has 0 saturated carbocycles. The minimum Gasteiger partial charge on any atom is -0.487 e. The summed E-state index contributed by atoms with van der Waals surface area (Å²) >= 11 is 7.77. The first-order chi connectivity index (χ1) is 15.5. The Balaban J connectivity index is 1.42. The summed E-state index contributed by atoms with van der Waals surface area (Å²) in [7, 11) is 0. The molecule has 1 aromatic carbocycles. The maximum Gasteiger partial charge on any atom is 0.134 e. The van der Waals surface area contributed by atoms with Gasteiger partial charge >= 0.3 is 0 Å². The number of aliphatic hydroxyl groups is 1. The molecule has 32 heavy (non-hydrogen) atoms. The first kappa shape index (κ1) is 21.5. The van der Waals surface area contributed by atoms with Crippen molar-refractivity contribution < 1.29 is 14.4 Å². The van der Waals surface area contributed by atoms with Crippen LogP contribution in [0.2, 0.25) is 4.34 Å². The van der Waals surface area contributed by atoms with Gasteiger partial charge in [0, 0.05) is 47.7 Å². The van der Waals surface area contributed by atoms with Crippen molar-refractivity contribution in [2.75, 3.05) is 13.1 Å². The summed E-state index contributed by atoms with van der Waals surface area (Å²) in [6.45, 7) is 5.71. The summed E-state index contributed by atoms with van der Waals surface area (Å²) < 4.78 is 14.2. The lowest BCUT2D eigenvalue weighted by molar-refractivity contribution is 0.0794. The van der Waals surface area contributed by atoms with Gasteiger partial charge in [0.1, 0.15) is 23.8 Å². The lowest BCUT2D eigenvalue weighted by Crippen LogP contribution is -2.35. The monoisotopic (exact) mass is 471 g/mol. The number of piperidine rings is 1. The highest BCUT2D eigenvalue weighted by Gasteiger charge is 2.19. The molecule has 0 amide bonds. The smallest absolute Gasteiger partial charge is 0.134 e. The van der Waals surface area contributed by atoms with Crippen molar-refractivity contribution in [1.82, 2.24) is 14.6 Å². The fourth-order valence-electron chi connectivity index (χ4n) is 4.26. The van der Waals surface area contributed by atoms with Crippen molar-refractivity contribution in [2.45, 2.75) is 45.6 Å². The number of ether oxygens (including phenoxy) is 1. The predicted octanol–water partition coefficient (Wildman–Crippen LogP) is 5.24. The van der Waals surface area contributed by atoms with Crippen LogP contribution in [0.4, 0.5) is 0 Å². The number of aliphatic hydroxyl groups excluding tert-OH is 1. The second-order valence-electron chi connectivity index (χ2n) is 8.39. The Kier molecular flexibility index (Phi) is 6.24. The van der Waals surface area contributed by atoms with Crippen molar-refractivity contribution in [2.24, 2.45) is 0 Å². The Bertz CT molecular complexity index is 1210. The maximum absolute atomic E-state index is 9.86. The minimum absolute atomic E-state index is 0.170. The third-order valence-corrected chi connectivity index (χ3v) is 7.12. The number of halogens is 1. The van der Waals surface area contributed by atoms with Gasteiger partial charge in [0.2, 0.25) is 0 Å². The predicted molar refractivity (Wildman–Crippen MR) is 126 cm³/mol. The third-order valence-electron chi connectivity index (χ3n) is 5.90. The van der Waals surface area contributed by atoms with Gasteiger partial charge < -0.3 is 18.9 Å². The standard InChI is InChI=1S/C24H26ClN3O3S/c1-16-10-18(26-31-16)15-30-20-2-4-23-22(11-20)17(12-27-8-6-19(29)7-9-27)13-28(23)14-21-3-5-24(25)32-21/h2-5,10-11,13,19,29H,6-9,12,14-15H2,1H3. The van der Waals surface area contributed by atoms with Crippen LogP contribution in [0.15, 0.2) is 47.1 Å². The van der Waals surface area contributed by atoms with Crippen molar-refractivity contribution in [3.63, 3.8) is 0 Å². The van der Waals surface area contributed by atoms with Crippen molar-refractivity contribution >= 4 is 33.8 Å². The number of aromatic nitrogens is 2. The number of likely N-dealkylation sites (tertiary alicyclic amines) is 1. The van der Waals surface area contributed by atoms with E-state index in [0.29, 0.717) is 6.61 Å². The van der Waals surface area contributed by atoms with Crippen LogP contribution in [0.1, 0.15) is 34.7 Å². The second-order valence-corrected chi connectivity index (χ2v) is 10.2. The van der Waals surface area contributed by atoms with Crippen LogP contribution in [0.25, 0.3) is 10.9 Å². The van der Waals surface area contributed by atoms with Crippen molar-refractivity contribution in [1.29, 1.82) is 0 Å². The Morgan fingerprint density at radius 1 is 1.19 bits per heavy atom. The summed E-state index contributed by atoms with van der Waals surface area (Å²) in [5.41, 5.74) is 3.22. The van der Waals surface area contributed by atoms with Gasteiger partial charge in [-0.25, -0.2) is 0 Å². The number of benzene rings is 1. The van der Waals surface area contributed by atoms with Crippen molar-refractivity contribution in [3.8, 4) is 5.75 Å². The summed E-state index contributed by atoms with van der Waals surface area (Å²) in [6.07, 6.45) is 3.74. The van der Waals surface area contributed by atoms with Gasteiger partial charge in [-0.2, -0.15) is 0 Å². The minimum atomic E-state index is -0.170. The van der Waals surface area contributed by atoms with Gasteiger partial charge in [-0.15, -0.1) is 11.3 Å². The fourth-order valence-corrected chi connectivity index (χ4v) is 5.35. The lowest BCUT2D eigenvalue weighted by atomic mass is 10.1. The number of thiophene rings is 1. The second kappa shape index (κ2) is 9.27. The fraction of sp³-hybridized carbons (Fsp3) is 0.375. The normalized spacial score (nSPS) is 15.6. The van der Waals surface area contributed by atoms with Crippen LogP contribution in [-0.4, -0.2) is 38.9 Å². The molecule has 4 aromatic rings. The van der Waals surface area contributed by atoms with Crippen LogP contribution in [-0.2, 0) is 19.7 Å². The van der Waals surface area contributed by atoms with E-state index in [1.54, 1.807) is 11.3 Å². The zero-order valence-electron chi connectivity index (χ0n) is 18.0. The number of fused-ring (bicyclic) bond motifs is 1. The van der Waals surface area contributed by atoms with E-state index < -0.39 is 0 Å². The average Bonchev–Trinajstić information content (AvgIpc) is 3.48. The quantitative estimate of drug-likeness (QED) is 0.399. The number of aryl methyl sites for hydroxylation is 1. The molecule has 1 aliphatic rings. The molecular formula is C24H26ClN3O3S. The number of hydrogen-bond acceptors (Lipinski definition) is 6. The van der Waals surface area contributed by atoms with Crippen molar-refractivity contribution in [3.05, 3.63) is 68.8 Å².